The minimum absolute atomic E-state index is 0.127. The lowest BCUT2D eigenvalue weighted by Gasteiger charge is -2.27. The summed E-state index contributed by atoms with van der Waals surface area (Å²) in [6.07, 6.45) is 3.47. The quantitative estimate of drug-likeness (QED) is 0.437. The maximum Gasteiger partial charge on any atom is 0.255 e. The van der Waals surface area contributed by atoms with Crippen molar-refractivity contribution in [2.45, 2.75) is 44.2 Å². The zero-order valence-corrected chi connectivity index (χ0v) is 22.1. The number of piperidine rings is 1. The van der Waals surface area contributed by atoms with Gasteiger partial charge in [-0.1, -0.05) is 48.9 Å². The third-order valence-electron chi connectivity index (χ3n) is 6.91. The van der Waals surface area contributed by atoms with Crippen molar-refractivity contribution in [3.8, 4) is 5.75 Å². The predicted molar refractivity (Wildman–Crippen MR) is 146 cm³/mol. The minimum Gasteiger partial charge on any atom is -0.491 e. The second-order valence-electron chi connectivity index (χ2n) is 9.87. The monoisotopic (exact) mass is 535 g/mol. The highest BCUT2D eigenvalue weighted by Crippen LogP contribution is 2.18. The number of amides is 4. The average Bonchev–Trinajstić information content (AvgIpc) is 2.95. The van der Waals surface area contributed by atoms with E-state index in [1.54, 1.807) is 24.3 Å². The van der Waals surface area contributed by atoms with Gasteiger partial charge in [0.05, 0.1) is 18.5 Å². The summed E-state index contributed by atoms with van der Waals surface area (Å²) in [5.74, 6) is -1.51. The van der Waals surface area contributed by atoms with Gasteiger partial charge < -0.3 is 30.9 Å². The van der Waals surface area contributed by atoms with Crippen molar-refractivity contribution in [2.75, 3.05) is 39.3 Å². The number of para-hydroxylation sites is 1. The van der Waals surface area contributed by atoms with Crippen LogP contribution in [0.2, 0.25) is 0 Å². The average molecular weight is 536 g/mol. The number of nitrogens with one attached hydrogen (secondary N) is 4. The van der Waals surface area contributed by atoms with E-state index in [-0.39, 0.29) is 37.5 Å². The van der Waals surface area contributed by atoms with Gasteiger partial charge in [-0.2, -0.15) is 0 Å². The molecule has 0 radical (unpaired) electrons. The molecule has 0 aliphatic carbocycles. The topological polar surface area (TPSA) is 129 Å². The van der Waals surface area contributed by atoms with Gasteiger partial charge in [0.2, 0.25) is 17.7 Å². The number of carbonyl (C=O) groups excluding carboxylic acids is 4. The fourth-order valence-corrected chi connectivity index (χ4v) is 4.82. The molecule has 2 aliphatic rings. The first-order valence-corrected chi connectivity index (χ1v) is 13.6. The zero-order chi connectivity index (χ0) is 27.5. The molecule has 0 spiro atoms. The lowest BCUT2D eigenvalue weighted by molar-refractivity contribution is -0.131. The van der Waals surface area contributed by atoms with E-state index < -0.39 is 29.8 Å². The van der Waals surface area contributed by atoms with Crippen LogP contribution < -0.4 is 26.0 Å². The molecule has 2 atom stereocenters. The summed E-state index contributed by atoms with van der Waals surface area (Å²) in [5.41, 5.74) is 1.12. The number of hydrogen-bond donors (Lipinski definition) is 4. The third-order valence-corrected chi connectivity index (χ3v) is 6.91. The molecule has 0 unspecified atom stereocenters. The number of nitrogens with zero attached hydrogens (tertiary/aromatic N) is 1. The van der Waals surface area contributed by atoms with E-state index >= 15 is 0 Å². The Morgan fingerprint density at radius 2 is 1.69 bits per heavy atom. The highest BCUT2D eigenvalue weighted by Gasteiger charge is 2.29. The van der Waals surface area contributed by atoms with Crippen LogP contribution in [-0.2, 0) is 20.8 Å². The first-order valence-electron chi connectivity index (χ1n) is 13.6. The van der Waals surface area contributed by atoms with Gasteiger partial charge in [-0.3, -0.25) is 19.2 Å². The Morgan fingerprint density at radius 1 is 0.949 bits per heavy atom. The molecule has 2 aliphatic heterocycles. The van der Waals surface area contributed by atoms with E-state index in [0.717, 1.165) is 31.5 Å². The first-order chi connectivity index (χ1) is 19.0. The summed E-state index contributed by atoms with van der Waals surface area (Å²) >= 11 is 0. The van der Waals surface area contributed by atoms with Gasteiger partial charge in [-0.15, -0.1) is 0 Å². The van der Waals surface area contributed by atoms with Gasteiger partial charge in [-0.05, 0) is 43.6 Å². The van der Waals surface area contributed by atoms with E-state index in [2.05, 4.69) is 26.2 Å². The van der Waals surface area contributed by atoms with Crippen LogP contribution in [0.4, 0.5) is 0 Å². The van der Waals surface area contributed by atoms with Crippen LogP contribution in [0.5, 0.6) is 5.75 Å². The fraction of sp³-hybridized carbons (Fsp3) is 0.448. The lowest BCUT2D eigenvalue weighted by atomic mass is 10.0. The normalized spacial score (nSPS) is 21.3. The first kappa shape index (κ1) is 28.1. The molecule has 10 nitrogen and oxygen atoms in total. The number of rotatable bonds is 6. The smallest absolute Gasteiger partial charge is 0.255 e. The Hall–Kier alpha value is -3.92. The Morgan fingerprint density at radius 3 is 2.49 bits per heavy atom. The molecule has 1 fully saturated rings. The molecule has 0 bridgehead atoms. The number of benzene rings is 2. The number of hydrogen-bond acceptors (Lipinski definition) is 6. The predicted octanol–water partition coefficient (Wildman–Crippen LogP) is 1.01. The van der Waals surface area contributed by atoms with Gasteiger partial charge in [0, 0.05) is 19.5 Å². The lowest BCUT2D eigenvalue weighted by Crippen LogP contribution is -2.53. The minimum atomic E-state index is -1.13. The number of likely N-dealkylation sites (tertiary alicyclic amines) is 1. The van der Waals surface area contributed by atoms with Crippen molar-refractivity contribution in [2.24, 2.45) is 0 Å². The van der Waals surface area contributed by atoms with Crippen LogP contribution in [0, 0.1) is 0 Å². The van der Waals surface area contributed by atoms with Crippen molar-refractivity contribution < 1.29 is 23.9 Å². The summed E-state index contributed by atoms with van der Waals surface area (Å²) in [6.45, 7) is 3.43. The molecule has 208 valence electrons. The molecule has 2 heterocycles. The summed E-state index contributed by atoms with van der Waals surface area (Å²) < 4.78 is 5.78. The van der Waals surface area contributed by atoms with Crippen LogP contribution in [-0.4, -0.2) is 79.9 Å². The molecular weight excluding hydrogens is 498 g/mol. The molecular formula is C29H37N5O5. The van der Waals surface area contributed by atoms with Crippen LogP contribution in [0.1, 0.15) is 41.6 Å². The van der Waals surface area contributed by atoms with Crippen molar-refractivity contribution in [1.29, 1.82) is 0 Å². The molecule has 2 aromatic rings. The second kappa shape index (κ2) is 14.3. The van der Waals surface area contributed by atoms with Crippen molar-refractivity contribution in [3.05, 3.63) is 65.7 Å². The summed E-state index contributed by atoms with van der Waals surface area (Å²) in [4.78, 5) is 54.8. The Balaban J connectivity index is 1.50. The molecule has 4 rings (SSSR count). The van der Waals surface area contributed by atoms with Crippen molar-refractivity contribution in [1.82, 2.24) is 26.2 Å². The molecule has 4 amide bonds. The largest absolute Gasteiger partial charge is 0.491 e. The summed E-state index contributed by atoms with van der Waals surface area (Å²) in [7, 11) is 0. The van der Waals surface area contributed by atoms with E-state index in [1.165, 1.54) is 6.42 Å². The van der Waals surface area contributed by atoms with Crippen LogP contribution in [0.15, 0.2) is 54.6 Å². The molecule has 39 heavy (non-hydrogen) atoms. The van der Waals surface area contributed by atoms with Gasteiger partial charge in [0.25, 0.3) is 5.91 Å². The molecule has 2 aromatic carbocycles. The second-order valence-corrected chi connectivity index (χ2v) is 9.87. The van der Waals surface area contributed by atoms with E-state index in [1.807, 2.05) is 30.3 Å². The molecule has 10 heteroatoms. The maximum atomic E-state index is 13.2. The maximum absolute atomic E-state index is 13.2. The standard InChI is InChI=1S/C29H37N5O5/c35-26-20-24(29(38)30-13-17-34-15-7-2-8-16-34)33-27(36)22-11-5-6-12-25(22)39-18-14-31-28(37)23(32-26)19-21-9-3-1-4-10-21/h1,3-6,9-12,23-24H,2,7-8,13-20H2,(H,30,38)(H,31,37)(H,32,35)(H,33,36)/t23-,24-/m0/s1. The third kappa shape index (κ3) is 8.54. The van der Waals surface area contributed by atoms with E-state index in [4.69, 9.17) is 4.74 Å². The van der Waals surface area contributed by atoms with E-state index in [0.29, 0.717) is 18.8 Å². The van der Waals surface area contributed by atoms with Gasteiger partial charge in [0.1, 0.15) is 24.4 Å². The van der Waals surface area contributed by atoms with Crippen LogP contribution in [0.25, 0.3) is 0 Å². The van der Waals surface area contributed by atoms with Gasteiger partial charge >= 0.3 is 0 Å². The summed E-state index contributed by atoms with van der Waals surface area (Å²) in [5, 5.41) is 11.2. The number of fused-ring (bicyclic) bond motifs is 1. The van der Waals surface area contributed by atoms with Crippen molar-refractivity contribution in [3.63, 3.8) is 0 Å². The van der Waals surface area contributed by atoms with Crippen LogP contribution in [0.3, 0.4) is 0 Å². The number of ether oxygens (including phenoxy) is 1. The zero-order valence-electron chi connectivity index (χ0n) is 22.1. The Kier molecular flexibility index (Phi) is 10.3. The Labute approximate surface area is 228 Å². The number of carbonyl (C=O) groups is 4. The Bertz CT molecular complexity index is 1140. The summed E-state index contributed by atoms with van der Waals surface area (Å²) in [6, 6.07) is 14.1. The highest BCUT2D eigenvalue weighted by molar-refractivity contribution is 6.01. The molecule has 0 aromatic heterocycles. The molecule has 0 saturated carbocycles. The van der Waals surface area contributed by atoms with Gasteiger partial charge in [-0.25, -0.2) is 0 Å². The SMILES string of the molecule is O=C1C[C@@H](C(=O)NCCN2CCCCC2)NC(=O)c2ccccc2OCCNC(=O)[C@H](Cc2ccccc2)N1. The van der Waals surface area contributed by atoms with E-state index in [9.17, 15) is 19.2 Å². The molecule has 1 saturated heterocycles. The van der Waals surface area contributed by atoms with Crippen molar-refractivity contribution >= 4 is 23.6 Å². The van der Waals surface area contributed by atoms with Gasteiger partial charge in [0.15, 0.2) is 0 Å². The highest BCUT2D eigenvalue weighted by atomic mass is 16.5. The van der Waals surface area contributed by atoms with Crippen LogP contribution >= 0.6 is 0 Å². The molecule has 4 N–H and O–H groups in total. The fourth-order valence-electron chi connectivity index (χ4n) is 4.82.